The van der Waals surface area contributed by atoms with Gasteiger partial charge in [0.1, 0.15) is 5.60 Å². The van der Waals surface area contributed by atoms with Crippen molar-refractivity contribution < 1.29 is 24.2 Å². The summed E-state index contributed by atoms with van der Waals surface area (Å²) >= 11 is 1.03. The number of carboxylic acid groups (broad SMARTS) is 1. The first-order chi connectivity index (χ1) is 10.8. The molecule has 2 heterocycles. The minimum atomic E-state index is -1.13. The lowest BCUT2D eigenvalue weighted by molar-refractivity contribution is 0.0632. The van der Waals surface area contributed by atoms with Crippen LogP contribution in [-0.2, 0) is 9.47 Å². The van der Waals surface area contributed by atoms with Crippen molar-refractivity contribution in [3.8, 4) is 0 Å². The summed E-state index contributed by atoms with van der Waals surface area (Å²) in [6.07, 6.45) is 4.65. The van der Waals surface area contributed by atoms with E-state index >= 15 is 0 Å². The molecule has 1 saturated heterocycles. The summed E-state index contributed by atoms with van der Waals surface area (Å²) in [5.74, 6) is -1.13. The summed E-state index contributed by atoms with van der Waals surface area (Å²) in [5, 5.41) is 12.5. The second-order valence-corrected chi connectivity index (χ2v) is 6.85. The number of aromatic carboxylic acids is 1. The Bertz CT molecular complexity index is 491. The van der Waals surface area contributed by atoms with E-state index in [4.69, 9.17) is 14.6 Å². The monoisotopic (exact) mass is 344 g/mol. The second kappa shape index (κ2) is 9.46. The number of thiazole rings is 1. The summed E-state index contributed by atoms with van der Waals surface area (Å²) in [5.41, 5.74) is -0.701. The van der Waals surface area contributed by atoms with Gasteiger partial charge in [-0.05, 0) is 33.6 Å². The molecule has 130 valence electrons. The Morgan fingerprint density at radius 1 is 1.26 bits per heavy atom. The van der Waals surface area contributed by atoms with Gasteiger partial charge in [-0.3, -0.25) is 5.32 Å². The average Bonchev–Trinajstić information content (AvgIpc) is 2.70. The number of carbonyl (C=O) groups is 2. The third-order valence-corrected chi connectivity index (χ3v) is 3.42. The van der Waals surface area contributed by atoms with E-state index in [0.717, 1.165) is 24.6 Å². The molecule has 0 radical (unpaired) electrons. The Kier molecular flexibility index (Phi) is 7.97. The van der Waals surface area contributed by atoms with E-state index in [0.29, 0.717) is 0 Å². The Labute approximate surface area is 140 Å². The Balaban J connectivity index is 0.000000313. The Hall–Kier alpha value is -1.67. The van der Waals surface area contributed by atoms with Gasteiger partial charge in [0.05, 0.1) is 0 Å². The average molecular weight is 344 g/mol. The predicted octanol–water partition coefficient (Wildman–Crippen LogP) is 3.77. The highest BCUT2D eigenvalue weighted by atomic mass is 32.1. The molecule has 23 heavy (non-hydrogen) atoms. The van der Waals surface area contributed by atoms with Gasteiger partial charge in [0, 0.05) is 18.6 Å². The van der Waals surface area contributed by atoms with Crippen molar-refractivity contribution in [1.29, 1.82) is 0 Å². The van der Waals surface area contributed by atoms with Gasteiger partial charge in [-0.25, -0.2) is 14.6 Å². The zero-order valence-corrected chi connectivity index (χ0v) is 14.6. The van der Waals surface area contributed by atoms with Crippen LogP contribution in [0.15, 0.2) is 5.38 Å². The number of carbonyl (C=O) groups excluding carboxylic acids is 1. The van der Waals surface area contributed by atoms with Gasteiger partial charge >= 0.3 is 12.1 Å². The molecule has 0 unspecified atom stereocenters. The fourth-order valence-corrected chi connectivity index (χ4v) is 2.35. The minimum Gasteiger partial charge on any atom is -0.476 e. The smallest absolute Gasteiger partial charge is 0.413 e. The number of hydrogen-bond acceptors (Lipinski definition) is 6. The van der Waals surface area contributed by atoms with Gasteiger partial charge in [0.15, 0.2) is 10.8 Å². The van der Waals surface area contributed by atoms with Crippen LogP contribution >= 0.6 is 11.3 Å². The highest BCUT2D eigenvalue weighted by Gasteiger charge is 2.17. The standard InChI is InChI=1S/C9H12N2O4S.C6H12O/c1-9(2,3)15-8(14)11-7-10-5(4-16-7)6(12)13;1-2-4-6-7-5-3-1/h4H,1-3H3,(H,12,13)(H,10,11,14);1-6H2. The van der Waals surface area contributed by atoms with E-state index in [1.165, 1.54) is 31.1 Å². The molecule has 1 amide bonds. The van der Waals surface area contributed by atoms with Crippen LogP contribution < -0.4 is 5.32 Å². The highest BCUT2D eigenvalue weighted by molar-refractivity contribution is 7.14. The summed E-state index contributed by atoms with van der Waals surface area (Å²) in [6, 6.07) is 0. The summed E-state index contributed by atoms with van der Waals surface area (Å²) in [6.45, 7) is 7.20. The van der Waals surface area contributed by atoms with Gasteiger partial charge in [0.25, 0.3) is 0 Å². The molecular formula is C15H24N2O5S. The molecule has 0 saturated carbocycles. The van der Waals surface area contributed by atoms with Crippen molar-refractivity contribution in [2.75, 3.05) is 18.5 Å². The molecule has 7 nitrogen and oxygen atoms in total. The van der Waals surface area contributed by atoms with E-state index in [1.807, 2.05) is 0 Å². The van der Waals surface area contributed by atoms with Crippen LogP contribution in [0.3, 0.4) is 0 Å². The zero-order valence-electron chi connectivity index (χ0n) is 13.8. The Morgan fingerprint density at radius 2 is 1.87 bits per heavy atom. The lowest BCUT2D eigenvalue weighted by Crippen LogP contribution is -2.27. The molecule has 0 aliphatic carbocycles. The van der Waals surface area contributed by atoms with E-state index in [2.05, 4.69) is 10.3 Å². The second-order valence-electron chi connectivity index (χ2n) is 6.00. The number of nitrogens with zero attached hydrogens (tertiary/aromatic N) is 1. The van der Waals surface area contributed by atoms with Gasteiger partial charge in [-0.15, -0.1) is 11.3 Å². The number of amides is 1. The molecular weight excluding hydrogens is 320 g/mol. The summed E-state index contributed by atoms with van der Waals surface area (Å²) < 4.78 is 10.2. The van der Waals surface area contributed by atoms with Crippen LogP contribution in [0.2, 0.25) is 0 Å². The van der Waals surface area contributed by atoms with Crippen molar-refractivity contribution in [3.05, 3.63) is 11.1 Å². The molecule has 1 aromatic rings. The van der Waals surface area contributed by atoms with Crippen LogP contribution in [0.5, 0.6) is 0 Å². The lowest BCUT2D eigenvalue weighted by Gasteiger charge is -2.18. The molecule has 2 N–H and O–H groups in total. The maximum absolute atomic E-state index is 11.3. The minimum absolute atomic E-state index is 0.101. The molecule has 0 atom stereocenters. The number of carboxylic acids is 1. The van der Waals surface area contributed by atoms with Crippen molar-refractivity contribution in [2.24, 2.45) is 0 Å². The molecule has 1 aliphatic heterocycles. The fourth-order valence-electron chi connectivity index (χ4n) is 1.68. The van der Waals surface area contributed by atoms with Gasteiger partial charge in [-0.2, -0.15) is 0 Å². The van der Waals surface area contributed by atoms with Gasteiger partial charge < -0.3 is 14.6 Å². The van der Waals surface area contributed by atoms with Crippen LogP contribution in [-0.4, -0.2) is 41.0 Å². The number of ether oxygens (including phenoxy) is 2. The van der Waals surface area contributed by atoms with Crippen LogP contribution in [0.1, 0.15) is 56.9 Å². The maximum atomic E-state index is 11.3. The molecule has 2 rings (SSSR count). The SMILES string of the molecule is C1CCCOCC1.CC(C)(C)OC(=O)Nc1nc(C(=O)O)cs1. The Morgan fingerprint density at radius 3 is 2.35 bits per heavy atom. The van der Waals surface area contributed by atoms with Crippen molar-refractivity contribution in [3.63, 3.8) is 0 Å². The van der Waals surface area contributed by atoms with Gasteiger partial charge in [-0.1, -0.05) is 12.8 Å². The first-order valence-electron chi connectivity index (χ1n) is 7.54. The van der Waals surface area contributed by atoms with Crippen molar-refractivity contribution in [1.82, 2.24) is 4.98 Å². The third kappa shape index (κ3) is 9.14. The third-order valence-electron chi connectivity index (χ3n) is 2.66. The van der Waals surface area contributed by atoms with E-state index in [9.17, 15) is 9.59 Å². The van der Waals surface area contributed by atoms with Gasteiger partial charge in [0.2, 0.25) is 0 Å². The topological polar surface area (TPSA) is 97.8 Å². The fraction of sp³-hybridized carbons (Fsp3) is 0.667. The number of rotatable bonds is 2. The maximum Gasteiger partial charge on any atom is 0.413 e. The predicted molar refractivity (Wildman–Crippen MR) is 88.2 cm³/mol. The largest absolute Gasteiger partial charge is 0.476 e. The van der Waals surface area contributed by atoms with E-state index in [1.54, 1.807) is 20.8 Å². The molecule has 0 bridgehead atoms. The zero-order chi connectivity index (χ0) is 17.3. The molecule has 0 aromatic carbocycles. The van der Waals surface area contributed by atoms with Crippen LogP contribution in [0.4, 0.5) is 9.93 Å². The van der Waals surface area contributed by atoms with Crippen LogP contribution in [0.25, 0.3) is 0 Å². The van der Waals surface area contributed by atoms with Crippen LogP contribution in [0, 0.1) is 0 Å². The van der Waals surface area contributed by atoms with E-state index in [-0.39, 0.29) is 10.8 Å². The van der Waals surface area contributed by atoms with Crippen molar-refractivity contribution in [2.45, 2.75) is 52.1 Å². The number of hydrogen-bond donors (Lipinski definition) is 2. The molecule has 8 heteroatoms. The summed E-state index contributed by atoms with van der Waals surface area (Å²) in [4.78, 5) is 25.5. The number of aromatic nitrogens is 1. The quantitative estimate of drug-likeness (QED) is 0.847. The number of nitrogens with one attached hydrogen (secondary N) is 1. The highest BCUT2D eigenvalue weighted by Crippen LogP contribution is 2.16. The molecule has 1 aromatic heterocycles. The molecule has 1 fully saturated rings. The molecule has 1 aliphatic rings. The first-order valence-corrected chi connectivity index (χ1v) is 8.42. The normalized spacial score (nSPS) is 14.9. The number of anilines is 1. The first kappa shape index (κ1) is 19.4. The lowest BCUT2D eigenvalue weighted by atomic mass is 10.2. The van der Waals surface area contributed by atoms with Crippen molar-refractivity contribution >= 4 is 28.5 Å². The molecule has 0 spiro atoms. The van der Waals surface area contributed by atoms with E-state index < -0.39 is 17.7 Å². The summed E-state index contributed by atoms with van der Waals surface area (Å²) in [7, 11) is 0.